The minimum atomic E-state index is -0.485. The van der Waals surface area contributed by atoms with E-state index in [0.717, 1.165) is 28.4 Å². The van der Waals surface area contributed by atoms with Crippen molar-refractivity contribution >= 4 is 0 Å². The zero-order valence-corrected chi connectivity index (χ0v) is 15.8. The first-order chi connectivity index (χ1) is 12.8. The van der Waals surface area contributed by atoms with Crippen LogP contribution in [0.5, 0.6) is 17.2 Å². The Bertz CT molecular complexity index is 982. The lowest BCUT2D eigenvalue weighted by Gasteiger charge is -2.36. The van der Waals surface area contributed by atoms with Crippen molar-refractivity contribution < 1.29 is 9.47 Å². The Labute approximate surface area is 159 Å². The second kappa shape index (κ2) is 5.95. The van der Waals surface area contributed by atoms with Crippen LogP contribution in [0.4, 0.5) is 0 Å². The Morgan fingerprint density at radius 3 is 2.52 bits per heavy atom. The smallest absolute Gasteiger partial charge is 0.132 e. The number of nitrogens with zero attached hydrogens (tertiary/aromatic N) is 1. The van der Waals surface area contributed by atoms with Crippen LogP contribution in [0.25, 0.3) is 0 Å². The molecule has 138 valence electrons. The van der Waals surface area contributed by atoms with Crippen LogP contribution in [0.15, 0.2) is 48.3 Å². The van der Waals surface area contributed by atoms with E-state index in [1.807, 2.05) is 36.4 Å². The summed E-state index contributed by atoms with van der Waals surface area (Å²) in [5.41, 5.74) is 8.20. The molecule has 1 spiro atoms. The molecular formula is C22H23N3O2. The number of ether oxygens (including phenoxy) is 2. The number of hydrogen-bond acceptors (Lipinski definition) is 5. The van der Waals surface area contributed by atoms with Gasteiger partial charge in [0.1, 0.15) is 17.2 Å². The van der Waals surface area contributed by atoms with Gasteiger partial charge in [0.25, 0.3) is 0 Å². The lowest BCUT2D eigenvalue weighted by Crippen LogP contribution is -2.34. The van der Waals surface area contributed by atoms with Crippen LogP contribution in [-0.2, 0) is 5.41 Å². The van der Waals surface area contributed by atoms with Gasteiger partial charge in [-0.3, -0.25) is 0 Å². The van der Waals surface area contributed by atoms with Gasteiger partial charge in [-0.15, -0.1) is 0 Å². The molecule has 0 amide bonds. The van der Waals surface area contributed by atoms with E-state index in [-0.39, 0.29) is 5.41 Å². The number of nitriles is 1. The van der Waals surface area contributed by atoms with Crippen molar-refractivity contribution in [1.82, 2.24) is 5.32 Å². The van der Waals surface area contributed by atoms with Crippen molar-refractivity contribution in [2.24, 2.45) is 11.1 Å². The molecule has 5 heteroatoms. The molecule has 0 radical (unpaired) electrons. The first-order valence-electron chi connectivity index (χ1n) is 9.03. The van der Waals surface area contributed by atoms with Crippen molar-refractivity contribution in [3.8, 4) is 23.3 Å². The van der Waals surface area contributed by atoms with Crippen molar-refractivity contribution in [3.63, 3.8) is 0 Å². The minimum absolute atomic E-state index is 0.0671. The fraction of sp³-hybridized carbons (Fsp3) is 0.318. The van der Waals surface area contributed by atoms with Gasteiger partial charge in [-0.25, -0.2) is 0 Å². The van der Waals surface area contributed by atoms with Gasteiger partial charge >= 0.3 is 0 Å². The van der Waals surface area contributed by atoms with Crippen LogP contribution in [0, 0.1) is 16.7 Å². The number of rotatable bonds is 2. The van der Waals surface area contributed by atoms with E-state index in [0.29, 0.717) is 24.5 Å². The third-order valence-corrected chi connectivity index (χ3v) is 4.89. The zero-order chi connectivity index (χ0) is 19.2. The van der Waals surface area contributed by atoms with Crippen LogP contribution in [0.2, 0.25) is 0 Å². The summed E-state index contributed by atoms with van der Waals surface area (Å²) in [4.78, 5) is 0. The molecule has 5 nitrogen and oxygen atoms in total. The van der Waals surface area contributed by atoms with Crippen LogP contribution >= 0.6 is 0 Å². The fourth-order valence-electron chi connectivity index (χ4n) is 3.59. The summed E-state index contributed by atoms with van der Waals surface area (Å²) in [6, 6.07) is 13.6. The Hall–Kier alpha value is -3.13. The SMILES string of the molecule is CC(C)(C)COc1ccc2c(c1)[C@@]1(C=C(N)NC1)c1cc(C#N)ccc1O2. The highest BCUT2D eigenvalue weighted by Crippen LogP contribution is 2.51. The molecule has 1 atom stereocenters. The van der Waals surface area contributed by atoms with Gasteiger partial charge in [-0.2, -0.15) is 5.26 Å². The Kier molecular flexibility index (Phi) is 3.81. The van der Waals surface area contributed by atoms with Crippen molar-refractivity contribution in [3.05, 3.63) is 65.0 Å². The molecule has 2 aliphatic heterocycles. The average molecular weight is 361 g/mol. The number of benzene rings is 2. The van der Waals surface area contributed by atoms with Crippen molar-refractivity contribution in [2.45, 2.75) is 26.2 Å². The molecule has 27 heavy (non-hydrogen) atoms. The van der Waals surface area contributed by atoms with E-state index in [9.17, 15) is 5.26 Å². The quantitative estimate of drug-likeness (QED) is 0.851. The van der Waals surface area contributed by atoms with E-state index in [2.05, 4.69) is 32.2 Å². The fourth-order valence-corrected chi connectivity index (χ4v) is 3.59. The molecule has 0 fully saturated rings. The Balaban J connectivity index is 1.84. The average Bonchev–Trinajstić information content (AvgIpc) is 3.02. The van der Waals surface area contributed by atoms with Crippen LogP contribution in [0.1, 0.15) is 37.5 Å². The third kappa shape index (κ3) is 2.97. The third-order valence-electron chi connectivity index (χ3n) is 4.89. The van der Waals surface area contributed by atoms with Gasteiger partial charge in [0.15, 0.2) is 0 Å². The molecule has 3 N–H and O–H groups in total. The molecule has 0 aromatic heterocycles. The molecule has 2 aromatic carbocycles. The first-order valence-corrected chi connectivity index (χ1v) is 9.03. The van der Waals surface area contributed by atoms with E-state index < -0.39 is 5.41 Å². The summed E-state index contributed by atoms with van der Waals surface area (Å²) in [6.07, 6.45) is 2.02. The second-order valence-electron chi connectivity index (χ2n) is 8.36. The highest BCUT2D eigenvalue weighted by molar-refractivity contribution is 5.64. The molecule has 0 aliphatic carbocycles. The van der Waals surface area contributed by atoms with E-state index in [1.54, 1.807) is 6.07 Å². The highest BCUT2D eigenvalue weighted by atomic mass is 16.5. The van der Waals surface area contributed by atoms with Crippen molar-refractivity contribution in [2.75, 3.05) is 13.2 Å². The molecule has 0 saturated carbocycles. The van der Waals surface area contributed by atoms with Crippen LogP contribution < -0.4 is 20.5 Å². The molecule has 4 rings (SSSR count). The van der Waals surface area contributed by atoms with E-state index in [1.165, 1.54) is 0 Å². The Morgan fingerprint density at radius 1 is 1.19 bits per heavy atom. The summed E-state index contributed by atoms with van der Waals surface area (Å²) in [5.74, 6) is 2.95. The standard InChI is InChI=1S/C22H23N3O2/c1-21(2,3)13-26-15-5-7-19-17(9-15)22(10-20(24)25-12-22)16-8-14(11-23)4-6-18(16)27-19/h4-10,25H,12-13,24H2,1-3H3/t22-/m1/s1. The molecule has 2 heterocycles. The van der Waals surface area contributed by atoms with Crippen molar-refractivity contribution in [1.29, 1.82) is 5.26 Å². The predicted molar refractivity (Wildman–Crippen MR) is 104 cm³/mol. The maximum absolute atomic E-state index is 9.34. The molecule has 0 unspecified atom stereocenters. The largest absolute Gasteiger partial charge is 0.493 e. The molecule has 0 saturated heterocycles. The maximum atomic E-state index is 9.34. The lowest BCUT2D eigenvalue weighted by molar-refractivity contribution is 0.197. The van der Waals surface area contributed by atoms with Gasteiger partial charge in [0, 0.05) is 17.7 Å². The van der Waals surface area contributed by atoms with Gasteiger partial charge < -0.3 is 20.5 Å². The van der Waals surface area contributed by atoms with Gasteiger partial charge in [0.2, 0.25) is 0 Å². The molecule has 2 aromatic rings. The monoisotopic (exact) mass is 361 g/mol. The number of hydrogen-bond donors (Lipinski definition) is 2. The number of nitrogens with two attached hydrogens (primary N) is 1. The summed E-state index contributed by atoms with van der Waals surface area (Å²) in [5, 5.41) is 12.6. The lowest BCUT2D eigenvalue weighted by atomic mass is 9.73. The Morgan fingerprint density at radius 2 is 1.89 bits per heavy atom. The molecule has 2 aliphatic rings. The van der Waals surface area contributed by atoms with Crippen LogP contribution in [-0.4, -0.2) is 13.2 Å². The summed E-state index contributed by atoms with van der Waals surface area (Å²) >= 11 is 0. The topological polar surface area (TPSA) is 80.3 Å². The maximum Gasteiger partial charge on any atom is 0.132 e. The summed E-state index contributed by atoms with van der Waals surface area (Å²) in [6.45, 7) is 7.64. The van der Waals surface area contributed by atoms with Gasteiger partial charge in [-0.05, 0) is 47.9 Å². The molecule has 0 bridgehead atoms. The van der Waals surface area contributed by atoms with Gasteiger partial charge in [0.05, 0.1) is 29.5 Å². The van der Waals surface area contributed by atoms with E-state index >= 15 is 0 Å². The second-order valence-corrected chi connectivity index (χ2v) is 8.36. The summed E-state index contributed by atoms with van der Waals surface area (Å²) in [7, 11) is 0. The number of nitrogens with one attached hydrogen (secondary N) is 1. The zero-order valence-electron chi connectivity index (χ0n) is 15.8. The normalized spacial score (nSPS) is 20.0. The first kappa shape index (κ1) is 17.3. The van der Waals surface area contributed by atoms with Gasteiger partial charge in [-0.1, -0.05) is 20.8 Å². The predicted octanol–water partition coefficient (Wildman–Crippen LogP) is 3.78. The van der Waals surface area contributed by atoms with Crippen LogP contribution in [0.3, 0.4) is 0 Å². The number of fused-ring (bicyclic) bond motifs is 4. The highest BCUT2D eigenvalue weighted by Gasteiger charge is 2.44. The minimum Gasteiger partial charge on any atom is -0.493 e. The summed E-state index contributed by atoms with van der Waals surface area (Å²) < 4.78 is 12.2. The van der Waals surface area contributed by atoms with E-state index in [4.69, 9.17) is 15.2 Å². The molecular weight excluding hydrogens is 338 g/mol.